The average Bonchev–Trinajstić information content (AvgIpc) is 2.62. The van der Waals surface area contributed by atoms with Crippen LogP contribution >= 0.6 is 0 Å². The van der Waals surface area contributed by atoms with E-state index in [4.69, 9.17) is 4.74 Å². The second kappa shape index (κ2) is 9.52. The Balaban J connectivity index is 1.77. The largest absolute Gasteiger partial charge is 0.455 e. The highest BCUT2D eigenvalue weighted by atomic mass is 16.5. The normalized spacial score (nSPS) is 10.2. The molecule has 1 N–H and O–H groups in total. The molecule has 0 saturated heterocycles. The maximum absolute atomic E-state index is 12.1. The van der Waals surface area contributed by atoms with E-state index in [1.165, 1.54) is 11.8 Å². The van der Waals surface area contributed by atoms with Crippen LogP contribution in [0.4, 0.5) is 5.69 Å². The summed E-state index contributed by atoms with van der Waals surface area (Å²) in [5.74, 6) is -0.889. The second-order valence-electron chi connectivity index (χ2n) is 6.45. The van der Waals surface area contributed by atoms with E-state index in [1.807, 2.05) is 31.2 Å². The molecule has 0 heterocycles. The maximum Gasteiger partial charge on any atom is 0.310 e. The number of ether oxygens (including phenoxy) is 1. The lowest BCUT2D eigenvalue weighted by molar-refractivity contribution is -0.151. The molecule has 6 nitrogen and oxygen atoms in total. The third kappa shape index (κ3) is 6.93. The minimum absolute atomic E-state index is 0.0648. The van der Waals surface area contributed by atoms with Crippen LogP contribution in [0.1, 0.15) is 23.6 Å². The highest BCUT2D eigenvalue weighted by Gasteiger charge is 2.13. The van der Waals surface area contributed by atoms with E-state index in [0.29, 0.717) is 12.2 Å². The van der Waals surface area contributed by atoms with Gasteiger partial charge >= 0.3 is 5.97 Å². The van der Waals surface area contributed by atoms with Crippen LogP contribution in [0, 0.1) is 6.92 Å². The summed E-state index contributed by atoms with van der Waals surface area (Å²) < 4.78 is 5.08. The number of esters is 1. The molecule has 0 unspecified atom stereocenters. The van der Waals surface area contributed by atoms with Gasteiger partial charge in [0.2, 0.25) is 5.91 Å². The molecule has 2 amide bonds. The van der Waals surface area contributed by atoms with E-state index in [0.717, 1.165) is 16.7 Å². The Labute approximate surface area is 159 Å². The maximum atomic E-state index is 12.1. The van der Waals surface area contributed by atoms with Crippen LogP contribution in [-0.2, 0) is 32.1 Å². The first-order valence-corrected chi connectivity index (χ1v) is 8.65. The Kier molecular flexibility index (Phi) is 7.11. The van der Waals surface area contributed by atoms with Crippen LogP contribution in [0.5, 0.6) is 0 Å². The Morgan fingerprint density at radius 1 is 0.963 bits per heavy atom. The van der Waals surface area contributed by atoms with Gasteiger partial charge in [0.05, 0.1) is 6.42 Å². The first-order valence-electron chi connectivity index (χ1n) is 8.65. The van der Waals surface area contributed by atoms with Crippen molar-refractivity contribution in [2.45, 2.75) is 26.8 Å². The number of carbonyl (C=O) groups is 3. The van der Waals surface area contributed by atoms with E-state index in [2.05, 4.69) is 5.32 Å². The van der Waals surface area contributed by atoms with Gasteiger partial charge in [-0.25, -0.2) is 0 Å². The molecule has 6 heteroatoms. The monoisotopic (exact) mass is 368 g/mol. The van der Waals surface area contributed by atoms with Gasteiger partial charge in [-0.05, 0) is 30.2 Å². The Morgan fingerprint density at radius 2 is 1.56 bits per heavy atom. The van der Waals surface area contributed by atoms with Crippen LogP contribution in [0.2, 0.25) is 0 Å². The van der Waals surface area contributed by atoms with Gasteiger partial charge in [0, 0.05) is 26.2 Å². The summed E-state index contributed by atoms with van der Waals surface area (Å²) in [6, 6.07) is 14.8. The first-order chi connectivity index (χ1) is 12.8. The Bertz CT molecular complexity index is 798. The predicted octanol–water partition coefficient (Wildman–Crippen LogP) is 2.70. The van der Waals surface area contributed by atoms with Crippen molar-refractivity contribution in [2.24, 2.45) is 0 Å². The number of hydrogen-bond donors (Lipinski definition) is 1. The van der Waals surface area contributed by atoms with Crippen molar-refractivity contribution in [2.75, 3.05) is 19.0 Å². The van der Waals surface area contributed by atoms with Crippen LogP contribution in [0.3, 0.4) is 0 Å². The van der Waals surface area contributed by atoms with Gasteiger partial charge in [0.15, 0.2) is 6.61 Å². The minimum atomic E-state index is -0.473. The van der Waals surface area contributed by atoms with Gasteiger partial charge < -0.3 is 15.0 Å². The quantitative estimate of drug-likeness (QED) is 0.763. The standard InChI is InChI=1S/C21H24N2O4/c1-15-4-6-18(7-5-15)13-23(3)20(25)14-27-21(26)12-17-8-10-19(11-9-17)22-16(2)24/h4-11H,12-14H2,1-3H3,(H,22,24). The molecule has 0 radical (unpaired) electrons. The van der Waals surface area contributed by atoms with Crippen molar-refractivity contribution in [1.82, 2.24) is 4.90 Å². The summed E-state index contributed by atoms with van der Waals surface area (Å²) in [4.78, 5) is 36.6. The van der Waals surface area contributed by atoms with Crippen LogP contribution in [0.25, 0.3) is 0 Å². The van der Waals surface area contributed by atoms with Crippen molar-refractivity contribution in [3.63, 3.8) is 0 Å². The van der Waals surface area contributed by atoms with Crippen molar-refractivity contribution >= 4 is 23.5 Å². The van der Waals surface area contributed by atoms with Gasteiger partial charge in [-0.3, -0.25) is 14.4 Å². The zero-order chi connectivity index (χ0) is 19.8. The van der Waals surface area contributed by atoms with Crippen molar-refractivity contribution < 1.29 is 19.1 Å². The number of rotatable bonds is 7. The van der Waals surface area contributed by atoms with Gasteiger partial charge in [-0.2, -0.15) is 0 Å². The van der Waals surface area contributed by atoms with Gasteiger partial charge in [-0.1, -0.05) is 42.0 Å². The Morgan fingerprint density at radius 3 is 2.15 bits per heavy atom. The molecule has 0 aromatic heterocycles. The third-order valence-corrected chi connectivity index (χ3v) is 3.95. The third-order valence-electron chi connectivity index (χ3n) is 3.95. The molecule has 2 aromatic carbocycles. The molecular formula is C21H24N2O4. The smallest absolute Gasteiger partial charge is 0.310 e. The molecule has 2 aromatic rings. The number of aryl methyl sites for hydroxylation is 1. The fourth-order valence-corrected chi connectivity index (χ4v) is 2.43. The van der Waals surface area contributed by atoms with Gasteiger partial charge in [0.1, 0.15) is 0 Å². The van der Waals surface area contributed by atoms with Crippen molar-refractivity contribution in [3.8, 4) is 0 Å². The summed E-state index contributed by atoms with van der Waals surface area (Å²) in [5.41, 5.74) is 3.58. The zero-order valence-electron chi connectivity index (χ0n) is 15.8. The highest BCUT2D eigenvalue weighted by molar-refractivity contribution is 5.88. The SMILES string of the molecule is CC(=O)Nc1ccc(CC(=O)OCC(=O)N(C)Cc2ccc(C)cc2)cc1. The van der Waals surface area contributed by atoms with E-state index >= 15 is 0 Å². The molecule has 0 atom stereocenters. The summed E-state index contributed by atoms with van der Waals surface area (Å²) in [5, 5.41) is 2.66. The number of likely N-dealkylation sites (N-methyl/N-ethyl adjacent to an activating group) is 1. The lowest BCUT2D eigenvalue weighted by Crippen LogP contribution is -2.31. The molecule has 27 heavy (non-hydrogen) atoms. The molecule has 0 aliphatic heterocycles. The van der Waals surface area contributed by atoms with Gasteiger partial charge in [0.25, 0.3) is 5.91 Å². The number of carbonyl (C=O) groups excluding carboxylic acids is 3. The average molecular weight is 368 g/mol. The molecule has 2 rings (SSSR count). The molecule has 0 bridgehead atoms. The summed E-state index contributed by atoms with van der Waals surface area (Å²) >= 11 is 0. The summed E-state index contributed by atoms with van der Waals surface area (Å²) in [6.07, 6.45) is 0.0648. The lowest BCUT2D eigenvalue weighted by atomic mass is 10.1. The minimum Gasteiger partial charge on any atom is -0.455 e. The second-order valence-corrected chi connectivity index (χ2v) is 6.45. The molecule has 142 valence electrons. The predicted molar refractivity (Wildman–Crippen MR) is 103 cm³/mol. The molecule has 0 saturated carbocycles. The number of amides is 2. The fraction of sp³-hybridized carbons (Fsp3) is 0.286. The summed E-state index contributed by atoms with van der Waals surface area (Å²) in [7, 11) is 1.68. The van der Waals surface area contributed by atoms with Crippen molar-refractivity contribution in [1.29, 1.82) is 0 Å². The number of hydrogen-bond acceptors (Lipinski definition) is 4. The van der Waals surface area contributed by atoms with E-state index in [1.54, 1.807) is 31.3 Å². The lowest BCUT2D eigenvalue weighted by Gasteiger charge is -2.17. The molecule has 0 aliphatic carbocycles. The molecule has 0 fully saturated rings. The highest BCUT2D eigenvalue weighted by Crippen LogP contribution is 2.11. The van der Waals surface area contributed by atoms with Crippen molar-refractivity contribution in [3.05, 3.63) is 65.2 Å². The number of anilines is 1. The Hall–Kier alpha value is -3.15. The molecule has 0 aliphatic rings. The van der Waals surface area contributed by atoms with Crippen LogP contribution < -0.4 is 5.32 Å². The van der Waals surface area contributed by atoms with Crippen LogP contribution in [0.15, 0.2) is 48.5 Å². The number of nitrogens with one attached hydrogen (secondary N) is 1. The number of nitrogens with zero attached hydrogens (tertiary/aromatic N) is 1. The summed E-state index contributed by atoms with van der Waals surface area (Å²) in [6.45, 7) is 3.61. The van der Waals surface area contributed by atoms with Gasteiger partial charge in [-0.15, -0.1) is 0 Å². The first kappa shape index (κ1) is 20.2. The van der Waals surface area contributed by atoms with E-state index in [-0.39, 0.29) is 24.8 Å². The van der Waals surface area contributed by atoms with E-state index in [9.17, 15) is 14.4 Å². The number of benzene rings is 2. The van der Waals surface area contributed by atoms with E-state index < -0.39 is 5.97 Å². The molecule has 0 spiro atoms. The fourth-order valence-electron chi connectivity index (χ4n) is 2.43. The zero-order valence-corrected chi connectivity index (χ0v) is 15.8. The molecular weight excluding hydrogens is 344 g/mol. The van der Waals surface area contributed by atoms with Crippen LogP contribution in [-0.4, -0.2) is 36.3 Å². The topological polar surface area (TPSA) is 75.7 Å².